The zero-order valence-corrected chi connectivity index (χ0v) is 17.9. The van der Waals surface area contributed by atoms with Crippen LogP contribution in [-0.2, 0) is 11.3 Å². The first kappa shape index (κ1) is 21.1. The Bertz CT molecular complexity index is 761. The van der Waals surface area contributed by atoms with Gasteiger partial charge in [0.25, 0.3) is 0 Å². The Hall–Kier alpha value is -2.21. The van der Waals surface area contributed by atoms with Gasteiger partial charge in [-0.15, -0.1) is 0 Å². The highest BCUT2D eigenvalue weighted by Crippen LogP contribution is 2.37. The van der Waals surface area contributed by atoms with Crippen molar-refractivity contribution in [1.82, 2.24) is 0 Å². The van der Waals surface area contributed by atoms with Gasteiger partial charge in [0, 0.05) is 33.9 Å². The van der Waals surface area contributed by atoms with Gasteiger partial charge in [0.15, 0.2) is 11.5 Å². The smallest absolute Gasteiger partial charge is 0.226 e. The molecule has 0 bridgehead atoms. The van der Waals surface area contributed by atoms with Gasteiger partial charge in [0.2, 0.25) is 5.91 Å². The van der Waals surface area contributed by atoms with E-state index < -0.39 is 0 Å². The van der Waals surface area contributed by atoms with Gasteiger partial charge in [0.1, 0.15) is 0 Å². The first-order valence-corrected chi connectivity index (χ1v) is 9.88. The SMILES string of the molecule is CCCOc1c(OC)ccc(Br)c1CNc1ccc(NC(=O)C(C)C)cc1. The lowest BCUT2D eigenvalue weighted by Crippen LogP contribution is -2.17. The van der Waals surface area contributed by atoms with Gasteiger partial charge in [-0.1, -0.05) is 36.7 Å². The molecular weight excluding hydrogens is 408 g/mol. The maximum absolute atomic E-state index is 11.8. The molecule has 0 saturated carbocycles. The van der Waals surface area contributed by atoms with E-state index in [4.69, 9.17) is 9.47 Å². The fourth-order valence-electron chi connectivity index (χ4n) is 2.42. The van der Waals surface area contributed by atoms with Gasteiger partial charge in [-0.05, 0) is 42.8 Å². The number of rotatable bonds is 9. The molecule has 0 heterocycles. The summed E-state index contributed by atoms with van der Waals surface area (Å²) in [5, 5.41) is 6.28. The first-order chi connectivity index (χ1) is 13.0. The second-order valence-electron chi connectivity index (χ2n) is 6.48. The van der Waals surface area contributed by atoms with Gasteiger partial charge >= 0.3 is 0 Å². The monoisotopic (exact) mass is 434 g/mol. The molecule has 0 radical (unpaired) electrons. The Balaban J connectivity index is 2.10. The summed E-state index contributed by atoms with van der Waals surface area (Å²) in [6.45, 7) is 7.02. The average Bonchev–Trinajstić information content (AvgIpc) is 2.66. The lowest BCUT2D eigenvalue weighted by atomic mass is 10.1. The number of carbonyl (C=O) groups is 1. The van der Waals surface area contributed by atoms with Crippen LogP contribution in [0.1, 0.15) is 32.8 Å². The summed E-state index contributed by atoms with van der Waals surface area (Å²) in [4.78, 5) is 11.8. The second kappa shape index (κ2) is 10.2. The Morgan fingerprint density at radius 2 is 1.78 bits per heavy atom. The van der Waals surface area contributed by atoms with Gasteiger partial charge in [-0.25, -0.2) is 0 Å². The van der Waals surface area contributed by atoms with Gasteiger partial charge in [-0.2, -0.15) is 0 Å². The fourth-order valence-corrected chi connectivity index (χ4v) is 2.87. The van der Waals surface area contributed by atoms with Gasteiger partial charge in [0.05, 0.1) is 13.7 Å². The van der Waals surface area contributed by atoms with Crippen molar-refractivity contribution >= 4 is 33.2 Å². The summed E-state index contributed by atoms with van der Waals surface area (Å²) >= 11 is 3.61. The summed E-state index contributed by atoms with van der Waals surface area (Å²) in [5.41, 5.74) is 2.74. The quantitative estimate of drug-likeness (QED) is 0.550. The molecule has 0 aliphatic heterocycles. The highest BCUT2D eigenvalue weighted by molar-refractivity contribution is 9.10. The van der Waals surface area contributed by atoms with E-state index in [1.807, 2.05) is 50.2 Å². The van der Waals surface area contributed by atoms with Gasteiger partial charge < -0.3 is 20.1 Å². The highest BCUT2D eigenvalue weighted by atomic mass is 79.9. The third-order valence-electron chi connectivity index (χ3n) is 3.98. The summed E-state index contributed by atoms with van der Waals surface area (Å²) in [6, 6.07) is 11.5. The third-order valence-corrected chi connectivity index (χ3v) is 4.73. The minimum absolute atomic E-state index is 0.00809. The number of methoxy groups -OCH3 is 1. The molecule has 5 nitrogen and oxygen atoms in total. The van der Waals surface area contributed by atoms with Crippen molar-refractivity contribution < 1.29 is 14.3 Å². The molecule has 27 heavy (non-hydrogen) atoms. The molecule has 0 saturated heterocycles. The second-order valence-corrected chi connectivity index (χ2v) is 7.33. The highest BCUT2D eigenvalue weighted by Gasteiger charge is 2.14. The number of carbonyl (C=O) groups excluding carboxylic acids is 1. The van der Waals surface area contributed by atoms with E-state index in [0.717, 1.165) is 39.3 Å². The molecule has 0 aliphatic carbocycles. The van der Waals surface area contributed by atoms with E-state index in [1.165, 1.54) is 0 Å². The van der Waals surface area contributed by atoms with E-state index in [0.29, 0.717) is 13.2 Å². The number of ether oxygens (including phenoxy) is 2. The number of anilines is 2. The number of amides is 1. The van der Waals surface area contributed by atoms with Crippen LogP contribution in [-0.4, -0.2) is 19.6 Å². The summed E-state index contributed by atoms with van der Waals surface area (Å²) in [6.07, 6.45) is 0.923. The standard InChI is InChI=1S/C21H27BrN2O3/c1-5-12-27-20-17(18(22)10-11-19(20)26-4)13-23-15-6-8-16(9-7-15)24-21(25)14(2)3/h6-11,14,23H,5,12-13H2,1-4H3,(H,24,25). The van der Waals surface area contributed by atoms with Gasteiger partial charge in [-0.3, -0.25) is 4.79 Å². The van der Waals surface area contributed by atoms with Crippen LogP contribution in [0.3, 0.4) is 0 Å². The largest absolute Gasteiger partial charge is 0.493 e. The normalized spacial score (nSPS) is 10.6. The lowest BCUT2D eigenvalue weighted by molar-refractivity contribution is -0.118. The van der Waals surface area contributed by atoms with E-state index in [9.17, 15) is 4.79 Å². The summed E-state index contributed by atoms with van der Waals surface area (Å²) < 4.78 is 12.3. The molecule has 146 valence electrons. The van der Waals surface area contributed by atoms with Crippen LogP contribution in [0.4, 0.5) is 11.4 Å². The first-order valence-electron chi connectivity index (χ1n) is 9.09. The van der Waals surface area contributed by atoms with Crippen molar-refractivity contribution in [3.63, 3.8) is 0 Å². The van der Waals surface area contributed by atoms with Crippen molar-refractivity contribution in [1.29, 1.82) is 0 Å². The number of benzene rings is 2. The third kappa shape index (κ3) is 5.89. The molecule has 0 unspecified atom stereocenters. The Morgan fingerprint density at radius 3 is 2.37 bits per heavy atom. The molecule has 2 rings (SSSR count). The predicted octanol–water partition coefficient (Wildman–Crippen LogP) is 5.45. The number of hydrogen-bond donors (Lipinski definition) is 2. The minimum Gasteiger partial charge on any atom is -0.493 e. The molecule has 0 aliphatic rings. The van der Waals surface area contributed by atoms with E-state index in [2.05, 4.69) is 33.5 Å². The molecule has 0 atom stereocenters. The lowest BCUT2D eigenvalue weighted by Gasteiger charge is -2.17. The number of nitrogens with one attached hydrogen (secondary N) is 2. The average molecular weight is 435 g/mol. The Kier molecular flexibility index (Phi) is 7.98. The maximum Gasteiger partial charge on any atom is 0.226 e. The van der Waals surface area contributed by atoms with Crippen molar-refractivity contribution in [2.75, 3.05) is 24.4 Å². The van der Waals surface area contributed by atoms with Crippen LogP contribution in [0.5, 0.6) is 11.5 Å². The number of hydrogen-bond acceptors (Lipinski definition) is 4. The molecule has 0 spiro atoms. The predicted molar refractivity (Wildman–Crippen MR) is 114 cm³/mol. The molecule has 1 amide bonds. The Labute approximate surface area is 169 Å². The Morgan fingerprint density at radius 1 is 1.11 bits per heavy atom. The zero-order valence-electron chi connectivity index (χ0n) is 16.3. The van der Waals surface area contributed by atoms with Crippen LogP contribution in [0.2, 0.25) is 0 Å². The molecule has 2 N–H and O–H groups in total. The van der Waals surface area contributed by atoms with Crippen LogP contribution in [0, 0.1) is 5.92 Å². The molecule has 0 fully saturated rings. The van der Waals surface area contributed by atoms with Crippen molar-refractivity contribution in [3.05, 3.63) is 46.4 Å². The molecule has 6 heteroatoms. The van der Waals surface area contributed by atoms with E-state index >= 15 is 0 Å². The van der Waals surface area contributed by atoms with Crippen LogP contribution in [0.15, 0.2) is 40.9 Å². The molecular formula is C21H27BrN2O3. The van der Waals surface area contributed by atoms with Crippen LogP contribution < -0.4 is 20.1 Å². The summed E-state index contributed by atoms with van der Waals surface area (Å²) in [7, 11) is 1.64. The van der Waals surface area contributed by atoms with Crippen molar-refractivity contribution in [2.45, 2.75) is 33.7 Å². The number of halogens is 1. The van der Waals surface area contributed by atoms with Crippen molar-refractivity contribution in [3.8, 4) is 11.5 Å². The summed E-state index contributed by atoms with van der Waals surface area (Å²) in [5.74, 6) is 1.43. The molecule has 2 aromatic rings. The van der Waals surface area contributed by atoms with E-state index in [-0.39, 0.29) is 11.8 Å². The molecule has 2 aromatic carbocycles. The maximum atomic E-state index is 11.8. The fraction of sp³-hybridized carbons (Fsp3) is 0.381. The topological polar surface area (TPSA) is 59.6 Å². The van der Waals surface area contributed by atoms with E-state index in [1.54, 1.807) is 7.11 Å². The van der Waals surface area contributed by atoms with Crippen molar-refractivity contribution in [2.24, 2.45) is 5.92 Å². The zero-order chi connectivity index (χ0) is 19.8. The van der Waals surface area contributed by atoms with Crippen LogP contribution in [0.25, 0.3) is 0 Å². The minimum atomic E-state index is -0.0465. The van der Waals surface area contributed by atoms with Crippen LogP contribution >= 0.6 is 15.9 Å². The molecule has 0 aromatic heterocycles.